The summed E-state index contributed by atoms with van der Waals surface area (Å²) in [6.07, 6.45) is 1.33. The van der Waals surface area contributed by atoms with E-state index in [1.54, 1.807) is 0 Å². The van der Waals surface area contributed by atoms with Crippen molar-refractivity contribution in [2.45, 2.75) is 25.5 Å². The minimum atomic E-state index is 0.250. The van der Waals surface area contributed by atoms with Gasteiger partial charge in [0.05, 0.1) is 12.7 Å². The van der Waals surface area contributed by atoms with Crippen LogP contribution in [0.25, 0.3) is 0 Å². The van der Waals surface area contributed by atoms with E-state index in [0.29, 0.717) is 6.04 Å². The van der Waals surface area contributed by atoms with Crippen LogP contribution in [0.2, 0.25) is 0 Å². The summed E-state index contributed by atoms with van der Waals surface area (Å²) in [5.74, 6) is 0. The zero-order valence-corrected chi connectivity index (χ0v) is 8.86. The van der Waals surface area contributed by atoms with Gasteiger partial charge in [0, 0.05) is 17.3 Å². The summed E-state index contributed by atoms with van der Waals surface area (Å²) in [5, 5.41) is 5.41. The molecule has 1 aliphatic heterocycles. The van der Waals surface area contributed by atoms with Gasteiger partial charge in [0.25, 0.3) is 0 Å². The van der Waals surface area contributed by atoms with Gasteiger partial charge in [-0.05, 0) is 31.0 Å². The molecule has 2 unspecified atom stereocenters. The van der Waals surface area contributed by atoms with Crippen LogP contribution in [-0.4, -0.2) is 19.7 Å². The highest BCUT2D eigenvalue weighted by Gasteiger charge is 2.25. The van der Waals surface area contributed by atoms with E-state index in [4.69, 9.17) is 4.74 Å². The fourth-order valence-corrected chi connectivity index (χ4v) is 2.64. The predicted octanol–water partition coefficient (Wildman–Crippen LogP) is 1.97. The van der Waals surface area contributed by atoms with E-state index in [9.17, 15) is 0 Å². The molecule has 2 heterocycles. The molecule has 3 heteroatoms. The number of ether oxygens (including phenoxy) is 1. The normalized spacial score (nSPS) is 24.0. The van der Waals surface area contributed by atoms with Crippen LogP contribution in [0.1, 0.15) is 23.5 Å². The van der Waals surface area contributed by atoms with Gasteiger partial charge in [0.1, 0.15) is 0 Å². The van der Waals surface area contributed by atoms with Crippen molar-refractivity contribution in [3.05, 3.63) is 21.9 Å². The zero-order valence-electron chi connectivity index (χ0n) is 8.04. The van der Waals surface area contributed by atoms with Gasteiger partial charge in [0.15, 0.2) is 0 Å². The average Bonchev–Trinajstić information content (AvgIpc) is 2.63. The molecule has 0 aliphatic carbocycles. The molecule has 1 aliphatic rings. The first-order valence-corrected chi connectivity index (χ1v) is 5.56. The highest BCUT2D eigenvalue weighted by Crippen LogP contribution is 2.32. The minimum Gasteiger partial charge on any atom is -0.371 e. The van der Waals surface area contributed by atoms with Crippen molar-refractivity contribution in [3.63, 3.8) is 0 Å². The molecule has 2 atom stereocenters. The monoisotopic (exact) mass is 197 g/mol. The molecule has 0 aromatic carbocycles. The Labute approximate surface area is 82.9 Å². The molecule has 0 spiro atoms. The Morgan fingerprint density at radius 1 is 1.69 bits per heavy atom. The molecule has 2 nitrogen and oxygen atoms in total. The largest absolute Gasteiger partial charge is 0.371 e. The number of hydrogen-bond acceptors (Lipinski definition) is 3. The maximum Gasteiger partial charge on any atom is 0.0985 e. The Morgan fingerprint density at radius 3 is 3.31 bits per heavy atom. The molecule has 0 saturated carbocycles. The number of hydrogen-bond donors (Lipinski definition) is 1. The van der Waals surface area contributed by atoms with Gasteiger partial charge in [-0.2, -0.15) is 0 Å². The van der Waals surface area contributed by atoms with E-state index in [1.807, 2.05) is 18.4 Å². The molecular weight excluding hydrogens is 182 g/mol. The molecule has 2 rings (SSSR count). The molecule has 1 aromatic rings. The Balaban J connectivity index is 2.24. The number of thiophene rings is 1. The maximum absolute atomic E-state index is 5.76. The van der Waals surface area contributed by atoms with Crippen molar-refractivity contribution in [3.8, 4) is 0 Å². The summed E-state index contributed by atoms with van der Waals surface area (Å²) in [6, 6.07) is 2.59. The SMILES string of the molecule is CNC(C)C1OCCc2sccc21. The second kappa shape index (κ2) is 3.78. The second-order valence-corrected chi connectivity index (χ2v) is 4.42. The van der Waals surface area contributed by atoms with Crippen LogP contribution in [0.15, 0.2) is 11.4 Å². The number of nitrogens with one attached hydrogen (secondary N) is 1. The molecule has 0 fully saturated rings. The van der Waals surface area contributed by atoms with Crippen LogP contribution >= 0.6 is 11.3 Å². The van der Waals surface area contributed by atoms with Crippen molar-refractivity contribution in [1.29, 1.82) is 0 Å². The third kappa shape index (κ3) is 1.64. The van der Waals surface area contributed by atoms with Gasteiger partial charge in [-0.3, -0.25) is 0 Å². The molecule has 72 valence electrons. The smallest absolute Gasteiger partial charge is 0.0985 e. The lowest BCUT2D eigenvalue weighted by molar-refractivity contribution is 0.0227. The van der Waals surface area contributed by atoms with Gasteiger partial charge in [0.2, 0.25) is 0 Å². The van der Waals surface area contributed by atoms with Crippen LogP contribution in [0.5, 0.6) is 0 Å². The molecule has 1 N–H and O–H groups in total. The molecular formula is C10H15NOS. The summed E-state index contributed by atoms with van der Waals surface area (Å²) in [5.41, 5.74) is 1.39. The van der Waals surface area contributed by atoms with Crippen LogP contribution in [0, 0.1) is 0 Å². The lowest BCUT2D eigenvalue weighted by atomic mass is 10.0. The van der Waals surface area contributed by atoms with Crippen molar-refractivity contribution < 1.29 is 4.74 Å². The Bertz CT molecular complexity index is 284. The molecule has 0 bridgehead atoms. The molecule has 0 amide bonds. The van der Waals surface area contributed by atoms with Gasteiger partial charge < -0.3 is 10.1 Å². The van der Waals surface area contributed by atoms with Crippen molar-refractivity contribution in [2.24, 2.45) is 0 Å². The van der Waals surface area contributed by atoms with Gasteiger partial charge in [-0.1, -0.05) is 0 Å². The maximum atomic E-state index is 5.76. The molecule has 13 heavy (non-hydrogen) atoms. The van der Waals surface area contributed by atoms with Gasteiger partial charge in [-0.25, -0.2) is 0 Å². The third-order valence-corrected chi connectivity index (χ3v) is 3.62. The Morgan fingerprint density at radius 2 is 2.54 bits per heavy atom. The number of likely N-dealkylation sites (N-methyl/N-ethyl adjacent to an activating group) is 1. The standard InChI is InChI=1S/C10H15NOS/c1-7(11-2)10-8-4-6-13-9(8)3-5-12-10/h4,6-7,10-11H,3,5H2,1-2H3. The van der Waals surface area contributed by atoms with Crippen LogP contribution in [0.3, 0.4) is 0 Å². The van der Waals surface area contributed by atoms with Crippen molar-refractivity contribution in [1.82, 2.24) is 5.32 Å². The van der Waals surface area contributed by atoms with Crippen LogP contribution in [0.4, 0.5) is 0 Å². The van der Waals surface area contributed by atoms with Gasteiger partial charge in [-0.15, -0.1) is 11.3 Å². The first kappa shape index (κ1) is 9.19. The predicted molar refractivity (Wildman–Crippen MR) is 55.2 cm³/mol. The van der Waals surface area contributed by atoms with E-state index in [-0.39, 0.29) is 6.10 Å². The Kier molecular flexibility index (Phi) is 2.67. The molecule has 0 radical (unpaired) electrons. The summed E-state index contributed by atoms with van der Waals surface area (Å²) >= 11 is 1.85. The van der Waals surface area contributed by atoms with E-state index in [2.05, 4.69) is 23.7 Å². The fraction of sp³-hybridized carbons (Fsp3) is 0.600. The highest BCUT2D eigenvalue weighted by molar-refractivity contribution is 7.10. The quantitative estimate of drug-likeness (QED) is 0.782. The van der Waals surface area contributed by atoms with E-state index >= 15 is 0 Å². The van der Waals surface area contributed by atoms with E-state index < -0.39 is 0 Å². The van der Waals surface area contributed by atoms with E-state index in [1.165, 1.54) is 10.4 Å². The minimum absolute atomic E-state index is 0.250. The topological polar surface area (TPSA) is 21.3 Å². The van der Waals surface area contributed by atoms with Gasteiger partial charge >= 0.3 is 0 Å². The Hall–Kier alpha value is -0.380. The summed E-state index contributed by atoms with van der Waals surface area (Å²) in [4.78, 5) is 1.50. The van der Waals surface area contributed by atoms with Crippen LogP contribution < -0.4 is 5.32 Å². The summed E-state index contributed by atoms with van der Waals surface area (Å²) < 4.78 is 5.76. The van der Waals surface area contributed by atoms with Crippen molar-refractivity contribution >= 4 is 11.3 Å². The second-order valence-electron chi connectivity index (χ2n) is 3.42. The average molecular weight is 197 g/mol. The molecule has 0 saturated heterocycles. The first-order valence-electron chi connectivity index (χ1n) is 4.68. The molecule has 1 aromatic heterocycles. The number of rotatable bonds is 2. The highest BCUT2D eigenvalue weighted by atomic mass is 32.1. The lowest BCUT2D eigenvalue weighted by Crippen LogP contribution is -2.33. The third-order valence-electron chi connectivity index (χ3n) is 2.62. The van der Waals surface area contributed by atoms with Crippen LogP contribution in [-0.2, 0) is 11.2 Å². The fourth-order valence-electron chi connectivity index (χ4n) is 1.74. The van der Waals surface area contributed by atoms with E-state index in [0.717, 1.165) is 13.0 Å². The van der Waals surface area contributed by atoms with Crippen molar-refractivity contribution in [2.75, 3.05) is 13.7 Å². The lowest BCUT2D eigenvalue weighted by Gasteiger charge is -2.28. The number of fused-ring (bicyclic) bond motifs is 1. The zero-order chi connectivity index (χ0) is 9.26. The summed E-state index contributed by atoms with van der Waals surface area (Å²) in [6.45, 7) is 3.03. The summed E-state index contributed by atoms with van der Waals surface area (Å²) in [7, 11) is 1.98. The first-order chi connectivity index (χ1) is 6.33.